The lowest BCUT2D eigenvalue weighted by Crippen LogP contribution is -1.59. The molecule has 0 atom stereocenters. The lowest BCUT2D eigenvalue weighted by atomic mass is 10.3. The molecular weight excluding hydrogens is 84.1 g/mol. The van der Waals surface area contributed by atoms with Gasteiger partial charge in [0.25, 0.3) is 0 Å². The van der Waals surface area contributed by atoms with Crippen molar-refractivity contribution in [3.63, 3.8) is 0 Å². The zero-order valence-corrected chi connectivity index (χ0v) is 4.52. The second-order valence-corrected chi connectivity index (χ2v) is 1.31. The van der Waals surface area contributed by atoms with Crippen LogP contribution in [0.25, 0.3) is 0 Å². The van der Waals surface area contributed by atoms with Crippen molar-refractivity contribution in [2.24, 2.45) is 0 Å². The summed E-state index contributed by atoms with van der Waals surface area (Å²) in [5, 5.41) is 0. The molecule has 0 spiro atoms. The Morgan fingerprint density at radius 1 is 1.71 bits per heavy atom. The maximum absolute atomic E-state index is 5.12. The molecule has 0 bridgehead atoms. The van der Waals surface area contributed by atoms with Gasteiger partial charge in [-0.1, -0.05) is 37.0 Å². The molecule has 0 saturated carbocycles. The second-order valence-electron chi connectivity index (χ2n) is 1.31. The van der Waals surface area contributed by atoms with Gasteiger partial charge in [-0.2, -0.15) is 0 Å². The van der Waals surface area contributed by atoms with Crippen molar-refractivity contribution in [1.82, 2.24) is 0 Å². The van der Waals surface area contributed by atoms with E-state index in [2.05, 4.69) is 6.58 Å². The van der Waals surface area contributed by atoms with E-state index in [1.807, 2.05) is 13.0 Å². The average molecular weight is 93.1 g/mol. The average Bonchev–Trinajstić information content (AvgIpc) is 1.68. The Balaban J connectivity index is 3.72. The quantitative estimate of drug-likeness (QED) is 0.459. The smallest absolute Gasteiger partial charge is 0.0398 e. The Kier molecular flexibility index (Phi) is 3.03. The van der Waals surface area contributed by atoms with Gasteiger partial charge in [0.2, 0.25) is 0 Å². The molecule has 1 radical (unpaired) electrons. The highest BCUT2D eigenvalue weighted by Gasteiger charge is 1.69. The fourth-order valence-electron chi connectivity index (χ4n) is 0.241. The molecule has 0 amide bonds. The molecular formula is C7H9. The number of hydrogen-bond donors (Lipinski definition) is 0. The van der Waals surface area contributed by atoms with E-state index in [4.69, 9.17) is 6.58 Å². The Bertz CT molecular complexity index is 96.6. The van der Waals surface area contributed by atoms with Crippen molar-refractivity contribution < 1.29 is 0 Å². The minimum absolute atomic E-state index is 1.04. The Hall–Kier alpha value is -0.780. The summed E-state index contributed by atoms with van der Waals surface area (Å²) in [4.78, 5) is 0. The summed E-state index contributed by atoms with van der Waals surface area (Å²) >= 11 is 0. The summed E-state index contributed by atoms with van der Waals surface area (Å²) in [6, 6.07) is 0. The topological polar surface area (TPSA) is 0 Å². The second kappa shape index (κ2) is 3.41. The maximum Gasteiger partial charge on any atom is -0.0398 e. The van der Waals surface area contributed by atoms with Crippen LogP contribution in [-0.4, -0.2) is 0 Å². The summed E-state index contributed by atoms with van der Waals surface area (Å²) in [5.74, 6) is 0. The van der Waals surface area contributed by atoms with Crippen LogP contribution in [0.1, 0.15) is 6.92 Å². The molecule has 0 aliphatic carbocycles. The van der Waals surface area contributed by atoms with E-state index in [0.717, 1.165) is 5.57 Å². The van der Waals surface area contributed by atoms with Crippen LogP contribution >= 0.6 is 0 Å². The molecule has 0 rings (SSSR count). The molecule has 7 heavy (non-hydrogen) atoms. The van der Waals surface area contributed by atoms with E-state index < -0.39 is 0 Å². The van der Waals surface area contributed by atoms with Crippen LogP contribution in [-0.2, 0) is 0 Å². The molecule has 0 heteroatoms. The fourth-order valence-corrected chi connectivity index (χ4v) is 0.241. The minimum Gasteiger partial charge on any atom is -0.0991 e. The van der Waals surface area contributed by atoms with Crippen molar-refractivity contribution in [3.8, 4) is 0 Å². The number of rotatable bonds is 2. The lowest BCUT2D eigenvalue weighted by molar-refractivity contribution is 1.53. The van der Waals surface area contributed by atoms with Gasteiger partial charge in [0.1, 0.15) is 0 Å². The van der Waals surface area contributed by atoms with Crippen LogP contribution in [0.4, 0.5) is 0 Å². The standard InChI is InChI=1S/C7H9/c1-4-6-7(3)5-2/h2,4-6H,1H2,3H3. The van der Waals surface area contributed by atoms with Crippen molar-refractivity contribution in [2.45, 2.75) is 6.92 Å². The first-order chi connectivity index (χ1) is 3.31. The third-order valence-corrected chi connectivity index (χ3v) is 0.644. The maximum atomic E-state index is 5.12. The zero-order valence-electron chi connectivity index (χ0n) is 4.52. The van der Waals surface area contributed by atoms with Crippen LogP contribution in [0.2, 0.25) is 0 Å². The predicted molar refractivity (Wildman–Crippen MR) is 32.8 cm³/mol. The highest BCUT2D eigenvalue weighted by atomic mass is 13.8. The SMILES string of the molecule is [CH]=CC(C)=CC=C. The Morgan fingerprint density at radius 2 is 2.29 bits per heavy atom. The monoisotopic (exact) mass is 93.1 g/mol. The highest BCUT2D eigenvalue weighted by molar-refractivity contribution is 5.16. The number of hydrogen-bond acceptors (Lipinski definition) is 0. The molecule has 0 saturated heterocycles. The molecule has 0 unspecified atom stereocenters. The van der Waals surface area contributed by atoms with E-state index >= 15 is 0 Å². The van der Waals surface area contributed by atoms with Crippen LogP contribution < -0.4 is 0 Å². The molecule has 0 aromatic heterocycles. The first-order valence-electron chi connectivity index (χ1n) is 2.15. The molecule has 0 aromatic carbocycles. The molecule has 0 fully saturated rings. The van der Waals surface area contributed by atoms with E-state index in [-0.39, 0.29) is 0 Å². The highest BCUT2D eigenvalue weighted by Crippen LogP contribution is 1.89. The van der Waals surface area contributed by atoms with E-state index in [1.165, 1.54) is 0 Å². The van der Waals surface area contributed by atoms with Crippen LogP contribution in [0.3, 0.4) is 0 Å². The fraction of sp³-hybridized carbons (Fsp3) is 0.143. The van der Waals surface area contributed by atoms with Gasteiger partial charge in [0, 0.05) is 0 Å². The van der Waals surface area contributed by atoms with Crippen molar-refractivity contribution in [3.05, 3.63) is 37.0 Å². The van der Waals surface area contributed by atoms with Gasteiger partial charge < -0.3 is 0 Å². The van der Waals surface area contributed by atoms with E-state index in [0.29, 0.717) is 0 Å². The van der Waals surface area contributed by atoms with E-state index in [1.54, 1.807) is 12.2 Å². The number of allylic oxidation sites excluding steroid dienone is 4. The minimum atomic E-state index is 1.04. The van der Waals surface area contributed by atoms with Crippen LogP contribution in [0.5, 0.6) is 0 Å². The van der Waals surface area contributed by atoms with Gasteiger partial charge in [0.05, 0.1) is 0 Å². The summed E-state index contributed by atoms with van der Waals surface area (Å²) in [5.41, 5.74) is 1.04. The van der Waals surface area contributed by atoms with Crippen molar-refractivity contribution in [1.29, 1.82) is 0 Å². The Labute approximate surface area is 44.9 Å². The third-order valence-electron chi connectivity index (χ3n) is 0.644. The molecule has 0 aromatic rings. The van der Waals surface area contributed by atoms with Crippen molar-refractivity contribution >= 4 is 0 Å². The molecule has 0 nitrogen and oxygen atoms in total. The molecule has 37 valence electrons. The molecule has 0 aliphatic heterocycles. The van der Waals surface area contributed by atoms with Gasteiger partial charge in [-0.3, -0.25) is 0 Å². The van der Waals surface area contributed by atoms with Gasteiger partial charge in [-0.25, -0.2) is 0 Å². The van der Waals surface area contributed by atoms with Gasteiger partial charge >= 0.3 is 0 Å². The summed E-state index contributed by atoms with van der Waals surface area (Å²) in [7, 11) is 0. The van der Waals surface area contributed by atoms with E-state index in [9.17, 15) is 0 Å². The Morgan fingerprint density at radius 3 is 2.43 bits per heavy atom. The summed E-state index contributed by atoms with van der Waals surface area (Å²) in [6.45, 7) is 10.5. The van der Waals surface area contributed by atoms with Gasteiger partial charge in [-0.05, 0) is 6.92 Å². The zero-order chi connectivity index (χ0) is 5.70. The summed E-state index contributed by atoms with van der Waals surface area (Å²) < 4.78 is 0. The van der Waals surface area contributed by atoms with Crippen molar-refractivity contribution in [2.75, 3.05) is 0 Å². The largest absolute Gasteiger partial charge is 0.0991 e. The molecule has 0 aliphatic rings. The van der Waals surface area contributed by atoms with Crippen LogP contribution in [0, 0.1) is 6.58 Å². The normalized spacial score (nSPS) is 10.7. The molecule has 0 N–H and O–H groups in total. The predicted octanol–water partition coefficient (Wildman–Crippen LogP) is 2.11. The molecule has 0 heterocycles. The van der Waals surface area contributed by atoms with Gasteiger partial charge in [-0.15, -0.1) is 0 Å². The first-order valence-corrected chi connectivity index (χ1v) is 2.15. The lowest BCUT2D eigenvalue weighted by Gasteiger charge is -1.79. The summed E-state index contributed by atoms with van der Waals surface area (Å²) in [6.07, 6.45) is 5.10. The third kappa shape index (κ3) is 3.04. The first kappa shape index (κ1) is 6.22. The van der Waals surface area contributed by atoms with Crippen LogP contribution in [0.15, 0.2) is 30.4 Å². The van der Waals surface area contributed by atoms with Gasteiger partial charge in [0.15, 0.2) is 0 Å².